The maximum Gasteiger partial charge on any atom is 0.265 e. The van der Waals surface area contributed by atoms with E-state index in [-0.39, 0.29) is 29.1 Å². The van der Waals surface area contributed by atoms with E-state index in [4.69, 9.17) is 9.57 Å². The number of carbonyl (C=O) groups is 1. The Bertz CT molecular complexity index is 585. The molecule has 144 valence electrons. The van der Waals surface area contributed by atoms with Crippen LogP contribution in [0.15, 0.2) is 0 Å². The summed E-state index contributed by atoms with van der Waals surface area (Å²) in [4.78, 5) is 22.2. The molecule has 1 atom stereocenters. The van der Waals surface area contributed by atoms with Crippen molar-refractivity contribution in [1.82, 2.24) is 14.9 Å². The zero-order valence-corrected chi connectivity index (χ0v) is 16.0. The molecule has 0 aromatic carbocycles. The summed E-state index contributed by atoms with van der Waals surface area (Å²) in [5.41, 5.74) is -0.274. The lowest BCUT2D eigenvalue weighted by Crippen LogP contribution is -2.72. The van der Waals surface area contributed by atoms with Gasteiger partial charge in [-0.15, -0.1) is 0 Å². The predicted molar refractivity (Wildman–Crippen MR) is 92.8 cm³/mol. The molecule has 0 aromatic heterocycles. The fraction of sp³-hybridized carbons (Fsp3) is 0.938. The number of likely N-dealkylation sites (tertiary alicyclic amines) is 1. The molecule has 25 heavy (non-hydrogen) atoms. The van der Waals surface area contributed by atoms with E-state index in [1.54, 1.807) is 6.92 Å². The smallest absolute Gasteiger partial charge is 0.265 e. The van der Waals surface area contributed by atoms with Crippen LogP contribution in [0.1, 0.15) is 19.8 Å². The van der Waals surface area contributed by atoms with Crippen molar-refractivity contribution in [1.29, 1.82) is 0 Å². The van der Waals surface area contributed by atoms with Gasteiger partial charge in [-0.3, -0.25) is 19.4 Å². The number of hydroxylamine groups is 2. The first-order valence-electron chi connectivity index (χ1n) is 9.05. The average molecular weight is 375 g/mol. The number of amides is 1. The zero-order chi connectivity index (χ0) is 18.1. The third kappa shape index (κ3) is 4.33. The Balaban J connectivity index is 1.47. The second-order valence-corrected chi connectivity index (χ2v) is 9.83. The van der Waals surface area contributed by atoms with Gasteiger partial charge < -0.3 is 4.74 Å². The fourth-order valence-corrected chi connectivity index (χ4v) is 4.55. The number of carbonyl (C=O) groups excluding carboxylic acids is 1. The highest BCUT2D eigenvalue weighted by Gasteiger charge is 2.50. The minimum Gasteiger partial charge on any atom is -0.369 e. The number of ether oxygens (including phenoxy) is 1. The van der Waals surface area contributed by atoms with Crippen LogP contribution in [-0.4, -0.2) is 105 Å². The standard InChI is InChI=1S/C16H29N3O5S/c1-3-25(21,22)9-7-18-12-16(13-18)11-17(2)14(10-23-16)15(20)19-6-4-5-8-24-19/h14H,3-13H2,1-2H3/t14-/m1/s1. The van der Waals surface area contributed by atoms with Gasteiger partial charge in [-0.25, -0.2) is 13.5 Å². The predicted octanol–water partition coefficient (Wildman–Crippen LogP) is -0.640. The van der Waals surface area contributed by atoms with E-state index >= 15 is 0 Å². The normalized spacial score (nSPS) is 28.1. The fourth-order valence-electron chi connectivity index (χ4n) is 3.72. The lowest BCUT2D eigenvalue weighted by molar-refractivity contribution is -0.223. The Hall–Kier alpha value is -0.740. The molecule has 3 rings (SSSR count). The minimum absolute atomic E-state index is 0.0257. The summed E-state index contributed by atoms with van der Waals surface area (Å²) < 4.78 is 29.3. The first kappa shape index (κ1) is 19.0. The van der Waals surface area contributed by atoms with E-state index in [0.717, 1.165) is 25.9 Å². The molecule has 3 aliphatic heterocycles. The van der Waals surface area contributed by atoms with Gasteiger partial charge in [-0.1, -0.05) is 6.92 Å². The lowest BCUT2D eigenvalue weighted by atomic mass is 9.91. The van der Waals surface area contributed by atoms with Crippen LogP contribution < -0.4 is 0 Å². The van der Waals surface area contributed by atoms with Gasteiger partial charge in [0, 0.05) is 38.5 Å². The summed E-state index contributed by atoms with van der Waals surface area (Å²) >= 11 is 0. The average Bonchev–Trinajstić information content (AvgIpc) is 2.58. The molecule has 0 saturated carbocycles. The van der Waals surface area contributed by atoms with Crippen LogP contribution in [0.25, 0.3) is 0 Å². The van der Waals surface area contributed by atoms with Crippen LogP contribution in [0.3, 0.4) is 0 Å². The van der Waals surface area contributed by atoms with Crippen LogP contribution in [0.4, 0.5) is 0 Å². The molecule has 0 aliphatic carbocycles. The monoisotopic (exact) mass is 375 g/mol. The molecule has 3 fully saturated rings. The highest BCUT2D eigenvalue weighted by atomic mass is 32.2. The van der Waals surface area contributed by atoms with Crippen molar-refractivity contribution >= 4 is 15.7 Å². The zero-order valence-electron chi connectivity index (χ0n) is 15.1. The first-order chi connectivity index (χ1) is 11.8. The Morgan fingerprint density at radius 1 is 1.24 bits per heavy atom. The Morgan fingerprint density at radius 3 is 2.60 bits per heavy atom. The van der Waals surface area contributed by atoms with E-state index in [1.165, 1.54) is 5.06 Å². The summed E-state index contributed by atoms with van der Waals surface area (Å²) in [6.07, 6.45) is 1.97. The molecule has 3 saturated heterocycles. The molecule has 3 aliphatic rings. The molecule has 0 unspecified atom stereocenters. The maximum atomic E-state index is 12.6. The van der Waals surface area contributed by atoms with Gasteiger partial charge in [0.2, 0.25) is 0 Å². The molecule has 0 radical (unpaired) electrons. The summed E-state index contributed by atoms with van der Waals surface area (Å²) in [5.74, 6) is 0.360. The van der Waals surface area contributed by atoms with Gasteiger partial charge >= 0.3 is 0 Å². The van der Waals surface area contributed by atoms with Crippen LogP contribution in [-0.2, 0) is 24.2 Å². The van der Waals surface area contributed by atoms with Crippen LogP contribution in [0.2, 0.25) is 0 Å². The third-order valence-corrected chi connectivity index (χ3v) is 7.02. The van der Waals surface area contributed by atoms with E-state index in [0.29, 0.717) is 32.8 Å². The van der Waals surface area contributed by atoms with Crippen molar-refractivity contribution in [3.63, 3.8) is 0 Å². The SMILES string of the molecule is CCS(=O)(=O)CCN1CC2(C1)CN(C)[C@@H](C(=O)N1CCCCO1)CO2. The van der Waals surface area contributed by atoms with Crippen LogP contribution >= 0.6 is 0 Å². The summed E-state index contributed by atoms with van der Waals surface area (Å²) in [5, 5.41) is 1.48. The number of hydrogen-bond acceptors (Lipinski definition) is 7. The van der Waals surface area contributed by atoms with Gasteiger partial charge in [0.15, 0.2) is 9.84 Å². The van der Waals surface area contributed by atoms with Crippen molar-refractivity contribution in [2.45, 2.75) is 31.4 Å². The maximum absolute atomic E-state index is 12.6. The molecule has 9 heteroatoms. The molecular weight excluding hydrogens is 346 g/mol. The number of morpholine rings is 1. The number of likely N-dealkylation sites (N-methyl/N-ethyl adjacent to an activating group) is 1. The van der Waals surface area contributed by atoms with Gasteiger partial charge in [-0.05, 0) is 19.9 Å². The molecule has 8 nitrogen and oxygen atoms in total. The Labute approximate surface area is 149 Å². The van der Waals surface area contributed by atoms with Gasteiger partial charge in [0.25, 0.3) is 5.91 Å². The number of rotatable bonds is 5. The molecule has 3 heterocycles. The van der Waals surface area contributed by atoms with E-state index in [2.05, 4.69) is 4.90 Å². The van der Waals surface area contributed by atoms with Crippen molar-refractivity contribution in [3.05, 3.63) is 0 Å². The van der Waals surface area contributed by atoms with E-state index in [1.807, 2.05) is 11.9 Å². The third-order valence-electron chi connectivity index (χ3n) is 5.33. The lowest BCUT2D eigenvalue weighted by Gasteiger charge is -2.55. The topological polar surface area (TPSA) is 79.4 Å². The minimum atomic E-state index is -2.93. The van der Waals surface area contributed by atoms with Gasteiger partial charge in [0.05, 0.1) is 19.0 Å². The molecule has 0 N–H and O–H groups in total. The summed E-state index contributed by atoms with van der Waals surface area (Å²) in [7, 11) is -0.988. The molecule has 0 aromatic rings. The summed E-state index contributed by atoms with van der Waals surface area (Å²) in [6.45, 7) is 5.95. The second-order valence-electron chi connectivity index (χ2n) is 7.35. The van der Waals surface area contributed by atoms with Crippen molar-refractivity contribution in [2.24, 2.45) is 0 Å². The molecule has 1 spiro atoms. The van der Waals surface area contributed by atoms with Crippen LogP contribution in [0.5, 0.6) is 0 Å². The Kier molecular flexibility index (Phi) is 5.69. The van der Waals surface area contributed by atoms with Gasteiger partial charge in [-0.2, -0.15) is 0 Å². The number of sulfone groups is 1. The molecular formula is C16H29N3O5S. The number of hydrogen-bond donors (Lipinski definition) is 0. The highest BCUT2D eigenvalue weighted by molar-refractivity contribution is 7.91. The quantitative estimate of drug-likeness (QED) is 0.632. The van der Waals surface area contributed by atoms with Crippen molar-refractivity contribution in [2.75, 3.05) is 64.5 Å². The Morgan fingerprint density at radius 2 is 2.00 bits per heavy atom. The number of nitrogens with zero attached hydrogens (tertiary/aromatic N) is 3. The summed E-state index contributed by atoms with van der Waals surface area (Å²) in [6, 6.07) is -0.307. The van der Waals surface area contributed by atoms with Crippen LogP contribution in [0, 0.1) is 0 Å². The molecule has 0 bridgehead atoms. The van der Waals surface area contributed by atoms with Gasteiger partial charge in [0.1, 0.15) is 11.6 Å². The molecule has 1 amide bonds. The first-order valence-corrected chi connectivity index (χ1v) is 10.9. The van der Waals surface area contributed by atoms with Crippen molar-refractivity contribution in [3.8, 4) is 0 Å². The largest absolute Gasteiger partial charge is 0.369 e. The highest BCUT2D eigenvalue weighted by Crippen LogP contribution is 2.31. The second kappa shape index (κ2) is 7.48. The van der Waals surface area contributed by atoms with Crippen molar-refractivity contribution < 1.29 is 22.8 Å². The van der Waals surface area contributed by atoms with E-state index in [9.17, 15) is 13.2 Å². The van der Waals surface area contributed by atoms with E-state index < -0.39 is 9.84 Å².